The first-order valence-electron chi connectivity index (χ1n) is 6.37. The number of carbonyl (C=O) groups is 1. The van der Waals surface area contributed by atoms with Crippen molar-refractivity contribution in [2.75, 3.05) is 0 Å². The SMILES string of the molecule is C[C@H](NCc1ccc(C(=O)O)cc1)c1ccc(Br)cc1. The number of benzene rings is 2. The average Bonchev–Trinajstić information content (AvgIpc) is 2.46. The van der Waals surface area contributed by atoms with Gasteiger partial charge in [-0.25, -0.2) is 4.79 Å². The zero-order valence-corrected chi connectivity index (χ0v) is 12.7. The fourth-order valence-corrected chi connectivity index (χ4v) is 2.17. The lowest BCUT2D eigenvalue weighted by Gasteiger charge is -2.14. The smallest absolute Gasteiger partial charge is 0.335 e. The molecule has 0 amide bonds. The topological polar surface area (TPSA) is 49.3 Å². The van der Waals surface area contributed by atoms with Crippen LogP contribution >= 0.6 is 15.9 Å². The maximum absolute atomic E-state index is 10.8. The van der Waals surface area contributed by atoms with Crippen LogP contribution in [0.15, 0.2) is 53.0 Å². The van der Waals surface area contributed by atoms with Gasteiger partial charge in [0.25, 0.3) is 0 Å². The molecule has 3 nitrogen and oxygen atoms in total. The molecule has 2 N–H and O–H groups in total. The van der Waals surface area contributed by atoms with Crippen molar-refractivity contribution >= 4 is 21.9 Å². The lowest BCUT2D eigenvalue weighted by molar-refractivity contribution is 0.0697. The minimum absolute atomic E-state index is 0.238. The van der Waals surface area contributed by atoms with Crippen molar-refractivity contribution in [3.63, 3.8) is 0 Å². The molecule has 0 aliphatic carbocycles. The minimum Gasteiger partial charge on any atom is -0.478 e. The van der Waals surface area contributed by atoms with Crippen LogP contribution in [0.4, 0.5) is 0 Å². The first-order chi connectivity index (χ1) is 9.56. The van der Waals surface area contributed by atoms with E-state index in [1.165, 1.54) is 5.56 Å². The zero-order valence-electron chi connectivity index (χ0n) is 11.1. The van der Waals surface area contributed by atoms with E-state index in [9.17, 15) is 4.79 Å². The molecule has 0 saturated heterocycles. The van der Waals surface area contributed by atoms with Gasteiger partial charge in [-0.05, 0) is 42.3 Å². The molecule has 0 saturated carbocycles. The van der Waals surface area contributed by atoms with Crippen LogP contribution in [-0.4, -0.2) is 11.1 Å². The molecular weight excluding hydrogens is 318 g/mol. The second-order valence-electron chi connectivity index (χ2n) is 4.66. The summed E-state index contributed by atoms with van der Waals surface area (Å²) in [6.07, 6.45) is 0. The number of hydrogen-bond acceptors (Lipinski definition) is 2. The van der Waals surface area contributed by atoms with Crippen molar-refractivity contribution in [2.45, 2.75) is 19.5 Å². The van der Waals surface area contributed by atoms with Gasteiger partial charge in [0, 0.05) is 17.1 Å². The number of halogens is 1. The standard InChI is InChI=1S/C16H16BrNO2/c1-11(13-6-8-15(17)9-7-13)18-10-12-2-4-14(5-3-12)16(19)20/h2-9,11,18H,10H2,1H3,(H,19,20)/t11-/m0/s1. The number of rotatable bonds is 5. The molecule has 0 bridgehead atoms. The van der Waals surface area contributed by atoms with Gasteiger partial charge < -0.3 is 10.4 Å². The van der Waals surface area contributed by atoms with Crippen LogP contribution in [0.2, 0.25) is 0 Å². The molecular formula is C16H16BrNO2. The second-order valence-corrected chi connectivity index (χ2v) is 5.57. The summed E-state index contributed by atoms with van der Waals surface area (Å²) in [5.74, 6) is -0.896. The van der Waals surface area contributed by atoms with Gasteiger partial charge in [-0.3, -0.25) is 0 Å². The van der Waals surface area contributed by atoms with Crippen molar-refractivity contribution in [1.82, 2.24) is 5.32 Å². The predicted molar refractivity (Wildman–Crippen MR) is 82.8 cm³/mol. The molecule has 20 heavy (non-hydrogen) atoms. The third-order valence-corrected chi connectivity index (χ3v) is 3.71. The molecule has 0 heterocycles. The Hall–Kier alpha value is -1.65. The molecule has 0 aromatic heterocycles. The molecule has 0 unspecified atom stereocenters. The van der Waals surface area contributed by atoms with Gasteiger partial charge in [-0.2, -0.15) is 0 Å². The molecule has 2 rings (SSSR count). The van der Waals surface area contributed by atoms with Crippen LogP contribution in [-0.2, 0) is 6.54 Å². The molecule has 2 aromatic carbocycles. The van der Waals surface area contributed by atoms with Crippen molar-refractivity contribution in [2.24, 2.45) is 0 Å². The fraction of sp³-hybridized carbons (Fsp3) is 0.188. The molecule has 0 fully saturated rings. The summed E-state index contributed by atoms with van der Waals surface area (Å²) < 4.78 is 1.07. The van der Waals surface area contributed by atoms with Gasteiger partial charge in [-0.1, -0.05) is 40.2 Å². The summed E-state index contributed by atoms with van der Waals surface area (Å²) in [4.78, 5) is 10.8. The Morgan fingerprint density at radius 2 is 1.75 bits per heavy atom. The average molecular weight is 334 g/mol. The summed E-state index contributed by atoms with van der Waals surface area (Å²) in [6, 6.07) is 15.4. The summed E-state index contributed by atoms with van der Waals surface area (Å²) in [6.45, 7) is 2.81. The summed E-state index contributed by atoms with van der Waals surface area (Å²) in [7, 11) is 0. The first kappa shape index (κ1) is 14.8. The first-order valence-corrected chi connectivity index (χ1v) is 7.16. The fourth-order valence-electron chi connectivity index (χ4n) is 1.91. The van der Waals surface area contributed by atoms with Crippen LogP contribution in [0.1, 0.15) is 34.5 Å². The van der Waals surface area contributed by atoms with E-state index in [1.54, 1.807) is 12.1 Å². The van der Waals surface area contributed by atoms with Crippen LogP contribution in [0.5, 0.6) is 0 Å². The van der Waals surface area contributed by atoms with E-state index >= 15 is 0 Å². The van der Waals surface area contributed by atoms with Crippen molar-refractivity contribution < 1.29 is 9.90 Å². The molecule has 0 spiro atoms. The van der Waals surface area contributed by atoms with Crippen LogP contribution in [0, 0.1) is 0 Å². The molecule has 4 heteroatoms. The van der Waals surface area contributed by atoms with Crippen molar-refractivity contribution in [3.05, 3.63) is 69.7 Å². The number of aromatic carboxylic acids is 1. The van der Waals surface area contributed by atoms with E-state index in [0.29, 0.717) is 12.1 Å². The third kappa shape index (κ3) is 3.92. The van der Waals surface area contributed by atoms with E-state index < -0.39 is 5.97 Å². The normalized spacial score (nSPS) is 12.1. The molecule has 0 aliphatic heterocycles. The number of carboxylic acids is 1. The maximum atomic E-state index is 10.8. The van der Waals surface area contributed by atoms with Gasteiger partial charge in [0.1, 0.15) is 0 Å². The minimum atomic E-state index is -0.896. The molecule has 1 atom stereocenters. The van der Waals surface area contributed by atoms with Crippen LogP contribution in [0.25, 0.3) is 0 Å². The van der Waals surface area contributed by atoms with Gasteiger partial charge in [0.05, 0.1) is 5.56 Å². The van der Waals surface area contributed by atoms with E-state index in [2.05, 4.69) is 40.3 Å². The highest BCUT2D eigenvalue weighted by molar-refractivity contribution is 9.10. The lowest BCUT2D eigenvalue weighted by Crippen LogP contribution is -2.18. The van der Waals surface area contributed by atoms with Crippen molar-refractivity contribution in [1.29, 1.82) is 0 Å². The van der Waals surface area contributed by atoms with Gasteiger partial charge in [-0.15, -0.1) is 0 Å². The highest BCUT2D eigenvalue weighted by Gasteiger charge is 2.05. The van der Waals surface area contributed by atoms with E-state index in [0.717, 1.165) is 10.0 Å². The lowest BCUT2D eigenvalue weighted by atomic mass is 10.1. The molecule has 0 radical (unpaired) electrons. The number of carboxylic acid groups (broad SMARTS) is 1. The Morgan fingerprint density at radius 3 is 2.30 bits per heavy atom. The van der Waals surface area contributed by atoms with E-state index in [1.807, 2.05) is 24.3 Å². The largest absolute Gasteiger partial charge is 0.478 e. The van der Waals surface area contributed by atoms with E-state index in [-0.39, 0.29) is 6.04 Å². The molecule has 0 aliphatic rings. The quantitative estimate of drug-likeness (QED) is 0.869. The highest BCUT2D eigenvalue weighted by atomic mass is 79.9. The summed E-state index contributed by atoms with van der Waals surface area (Å²) in [5, 5.41) is 12.3. The van der Waals surface area contributed by atoms with Gasteiger partial charge in [0.2, 0.25) is 0 Å². The monoisotopic (exact) mass is 333 g/mol. The predicted octanol–water partition coefficient (Wildman–Crippen LogP) is 4.00. The Bertz CT molecular complexity index is 578. The molecule has 2 aromatic rings. The second kappa shape index (κ2) is 6.68. The Morgan fingerprint density at radius 1 is 1.15 bits per heavy atom. The number of nitrogens with one attached hydrogen (secondary N) is 1. The summed E-state index contributed by atoms with van der Waals surface area (Å²) >= 11 is 3.42. The number of hydrogen-bond donors (Lipinski definition) is 2. The zero-order chi connectivity index (χ0) is 14.5. The third-order valence-electron chi connectivity index (χ3n) is 3.18. The van der Waals surface area contributed by atoms with Crippen LogP contribution < -0.4 is 5.32 Å². The molecule has 104 valence electrons. The van der Waals surface area contributed by atoms with Gasteiger partial charge in [0.15, 0.2) is 0 Å². The maximum Gasteiger partial charge on any atom is 0.335 e. The van der Waals surface area contributed by atoms with Crippen molar-refractivity contribution in [3.8, 4) is 0 Å². The highest BCUT2D eigenvalue weighted by Crippen LogP contribution is 2.17. The van der Waals surface area contributed by atoms with Crippen LogP contribution in [0.3, 0.4) is 0 Å². The van der Waals surface area contributed by atoms with E-state index in [4.69, 9.17) is 5.11 Å². The Labute approximate surface area is 126 Å². The Kier molecular flexibility index (Phi) is 4.93. The summed E-state index contributed by atoms with van der Waals surface area (Å²) in [5.41, 5.74) is 2.60. The van der Waals surface area contributed by atoms with Gasteiger partial charge >= 0.3 is 5.97 Å². The Balaban J connectivity index is 1.94.